The number of hydrogen-bond acceptors (Lipinski definition) is 6. The van der Waals surface area contributed by atoms with Crippen molar-refractivity contribution in [1.29, 1.82) is 0 Å². The van der Waals surface area contributed by atoms with Crippen molar-refractivity contribution < 1.29 is 24.3 Å². The van der Waals surface area contributed by atoms with Gasteiger partial charge in [0.2, 0.25) is 11.9 Å². The third-order valence-electron chi connectivity index (χ3n) is 4.15. The fourth-order valence-corrected chi connectivity index (χ4v) is 2.89. The minimum absolute atomic E-state index is 0.0352. The van der Waals surface area contributed by atoms with E-state index in [4.69, 9.17) is 20.4 Å². The first-order valence-corrected chi connectivity index (χ1v) is 8.89. The van der Waals surface area contributed by atoms with Crippen LogP contribution >= 0.6 is 0 Å². The summed E-state index contributed by atoms with van der Waals surface area (Å²) in [7, 11) is 0. The fourth-order valence-electron chi connectivity index (χ4n) is 2.89. The van der Waals surface area contributed by atoms with Crippen LogP contribution in [0, 0.1) is 0 Å². The van der Waals surface area contributed by atoms with E-state index in [0.29, 0.717) is 5.57 Å². The molecule has 148 valence electrons. The van der Waals surface area contributed by atoms with Gasteiger partial charge in [0, 0.05) is 18.9 Å². The van der Waals surface area contributed by atoms with Gasteiger partial charge in [0.1, 0.15) is 0 Å². The largest absolute Gasteiger partial charge is 0.463 e. The summed E-state index contributed by atoms with van der Waals surface area (Å²) in [4.78, 5) is 28.1. The molecule has 0 aromatic heterocycles. The van der Waals surface area contributed by atoms with Gasteiger partial charge in [-0.05, 0) is 25.8 Å². The molecule has 0 aromatic rings. The maximum absolute atomic E-state index is 12.2. The van der Waals surface area contributed by atoms with Gasteiger partial charge in [-0.3, -0.25) is 10.0 Å². The SMILES string of the molecule is CCOC(=O)C1=CC(OC(CC)CC)C(NC(C)=O)C(N=C(N)NO)C1. The maximum atomic E-state index is 12.2. The number of amides is 1. The van der Waals surface area contributed by atoms with E-state index in [-0.39, 0.29) is 31.0 Å². The highest BCUT2D eigenvalue weighted by Crippen LogP contribution is 2.27. The Kier molecular flexibility index (Phi) is 9.08. The topological polar surface area (TPSA) is 135 Å². The lowest BCUT2D eigenvalue weighted by atomic mass is 9.88. The fraction of sp³-hybridized carbons (Fsp3) is 0.706. The number of carbonyl (C=O) groups excluding carboxylic acids is 2. The number of guanidine groups is 1. The van der Waals surface area contributed by atoms with Crippen LogP contribution in [0.25, 0.3) is 0 Å². The van der Waals surface area contributed by atoms with E-state index in [2.05, 4.69) is 10.3 Å². The van der Waals surface area contributed by atoms with Crippen LogP contribution in [0.2, 0.25) is 0 Å². The van der Waals surface area contributed by atoms with Crippen LogP contribution in [0.15, 0.2) is 16.6 Å². The molecule has 3 atom stereocenters. The molecule has 1 rings (SSSR count). The van der Waals surface area contributed by atoms with E-state index in [9.17, 15) is 9.59 Å². The molecular weight excluding hydrogens is 340 g/mol. The normalized spacial score (nSPS) is 23.4. The van der Waals surface area contributed by atoms with Gasteiger partial charge in [0.15, 0.2) is 0 Å². The van der Waals surface area contributed by atoms with Crippen LogP contribution in [0.3, 0.4) is 0 Å². The molecule has 0 saturated carbocycles. The van der Waals surface area contributed by atoms with Gasteiger partial charge in [-0.1, -0.05) is 13.8 Å². The molecule has 1 amide bonds. The maximum Gasteiger partial charge on any atom is 0.333 e. The number of hydroxylamine groups is 1. The summed E-state index contributed by atoms with van der Waals surface area (Å²) >= 11 is 0. The second kappa shape index (κ2) is 10.8. The highest BCUT2D eigenvalue weighted by atomic mass is 16.5. The number of ether oxygens (including phenoxy) is 2. The van der Waals surface area contributed by atoms with Crippen LogP contribution in [-0.2, 0) is 19.1 Å². The monoisotopic (exact) mass is 370 g/mol. The zero-order valence-corrected chi connectivity index (χ0v) is 15.8. The van der Waals surface area contributed by atoms with Crippen LogP contribution in [0.1, 0.15) is 47.0 Å². The zero-order valence-electron chi connectivity index (χ0n) is 15.8. The first-order valence-electron chi connectivity index (χ1n) is 8.89. The first kappa shape index (κ1) is 21.9. The summed E-state index contributed by atoms with van der Waals surface area (Å²) in [5.74, 6) is -0.920. The first-order chi connectivity index (χ1) is 12.4. The predicted octanol–water partition coefficient (Wildman–Crippen LogP) is 0.620. The van der Waals surface area contributed by atoms with Crippen molar-refractivity contribution >= 4 is 17.8 Å². The number of nitrogens with two attached hydrogens (primary N) is 1. The van der Waals surface area contributed by atoms with Gasteiger partial charge < -0.3 is 20.5 Å². The van der Waals surface area contributed by atoms with Crippen molar-refractivity contribution in [3.05, 3.63) is 11.6 Å². The van der Waals surface area contributed by atoms with Crippen LogP contribution in [-0.4, -0.2) is 53.9 Å². The second-order valence-electron chi connectivity index (χ2n) is 6.08. The summed E-state index contributed by atoms with van der Waals surface area (Å²) in [6, 6.07) is -1.12. The number of esters is 1. The van der Waals surface area contributed by atoms with Crippen molar-refractivity contribution in [3.63, 3.8) is 0 Å². The summed E-state index contributed by atoms with van der Waals surface area (Å²) in [6.45, 7) is 7.38. The van der Waals surface area contributed by atoms with E-state index in [1.165, 1.54) is 6.92 Å². The van der Waals surface area contributed by atoms with Crippen LogP contribution < -0.4 is 16.5 Å². The quantitative estimate of drug-likeness (QED) is 0.213. The smallest absolute Gasteiger partial charge is 0.333 e. The minimum Gasteiger partial charge on any atom is -0.463 e. The third-order valence-corrected chi connectivity index (χ3v) is 4.15. The molecular formula is C17H30N4O5. The van der Waals surface area contributed by atoms with Crippen LogP contribution in [0.5, 0.6) is 0 Å². The number of rotatable bonds is 8. The molecule has 0 aromatic carbocycles. The summed E-state index contributed by atoms with van der Waals surface area (Å²) in [6.07, 6.45) is 2.86. The highest BCUT2D eigenvalue weighted by molar-refractivity contribution is 5.89. The Hall–Kier alpha value is -2.13. The Morgan fingerprint density at radius 3 is 2.54 bits per heavy atom. The molecule has 5 N–H and O–H groups in total. The standard InChI is InChI=1S/C17H30N4O5/c1-5-12(6-2)26-14-9-11(16(23)25-7-3)8-13(20-17(18)21-24)15(14)19-10(4)22/h9,12-15,24H,5-8H2,1-4H3,(H,19,22)(H3,18,20,21). The third kappa shape index (κ3) is 6.30. The molecule has 0 spiro atoms. The summed E-state index contributed by atoms with van der Waals surface area (Å²) in [5, 5.41) is 11.8. The van der Waals surface area contributed by atoms with Crippen LogP contribution in [0.4, 0.5) is 0 Å². The lowest BCUT2D eigenvalue weighted by molar-refractivity contribution is -0.139. The van der Waals surface area contributed by atoms with Gasteiger partial charge in [-0.25, -0.2) is 15.3 Å². The molecule has 26 heavy (non-hydrogen) atoms. The summed E-state index contributed by atoms with van der Waals surface area (Å²) < 4.78 is 11.2. The molecule has 0 heterocycles. The molecule has 0 radical (unpaired) electrons. The minimum atomic E-state index is -0.595. The zero-order chi connectivity index (χ0) is 19.7. The Morgan fingerprint density at radius 2 is 2.04 bits per heavy atom. The Balaban J connectivity index is 3.25. The van der Waals surface area contributed by atoms with E-state index >= 15 is 0 Å². The molecule has 0 bridgehead atoms. The average Bonchev–Trinajstić information content (AvgIpc) is 2.61. The Morgan fingerprint density at radius 1 is 1.38 bits per heavy atom. The number of carbonyl (C=O) groups is 2. The second-order valence-corrected chi connectivity index (χ2v) is 6.08. The van der Waals surface area contributed by atoms with Gasteiger partial charge >= 0.3 is 5.97 Å². The van der Waals surface area contributed by atoms with E-state index < -0.39 is 24.2 Å². The molecule has 0 aliphatic heterocycles. The number of hydrogen-bond donors (Lipinski definition) is 4. The van der Waals surface area contributed by atoms with E-state index in [1.54, 1.807) is 18.5 Å². The van der Waals surface area contributed by atoms with Gasteiger partial charge in [0.25, 0.3) is 0 Å². The van der Waals surface area contributed by atoms with Gasteiger partial charge in [0.05, 0.1) is 30.9 Å². The van der Waals surface area contributed by atoms with Crippen molar-refractivity contribution in [2.45, 2.75) is 71.2 Å². The lowest BCUT2D eigenvalue weighted by Crippen LogP contribution is -2.54. The van der Waals surface area contributed by atoms with E-state index in [0.717, 1.165) is 12.8 Å². The van der Waals surface area contributed by atoms with Crippen molar-refractivity contribution in [3.8, 4) is 0 Å². The number of nitrogens with one attached hydrogen (secondary N) is 2. The van der Waals surface area contributed by atoms with E-state index in [1.807, 2.05) is 13.8 Å². The predicted molar refractivity (Wildman–Crippen MR) is 96.5 cm³/mol. The van der Waals surface area contributed by atoms with Gasteiger partial charge in [-0.15, -0.1) is 0 Å². The molecule has 0 fully saturated rings. The Labute approximate surface area is 154 Å². The van der Waals surface area contributed by atoms with Gasteiger partial charge in [-0.2, -0.15) is 0 Å². The van der Waals surface area contributed by atoms with Crippen molar-refractivity contribution in [2.75, 3.05) is 6.61 Å². The molecule has 3 unspecified atom stereocenters. The molecule has 1 aliphatic rings. The van der Waals surface area contributed by atoms with Crippen molar-refractivity contribution in [2.24, 2.45) is 10.7 Å². The average molecular weight is 370 g/mol. The highest BCUT2D eigenvalue weighted by Gasteiger charge is 2.38. The molecule has 1 aliphatic carbocycles. The number of aliphatic imine (C=N–C) groups is 1. The summed E-state index contributed by atoms with van der Waals surface area (Å²) in [5.41, 5.74) is 7.75. The molecule has 9 heteroatoms. The Bertz CT molecular complexity index is 545. The molecule has 0 saturated heterocycles. The molecule has 9 nitrogen and oxygen atoms in total. The lowest BCUT2D eigenvalue weighted by Gasteiger charge is -2.36. The van der Waals surface area contributed by atoms with Crippen molar-refractivity contribution in [1.82, 2.24) is 10.8 Å². The number of nitrogens with zero attached hydrogens (tertiary/aromatic N) is 1.